The molecule has 138 valence electrons. The van der Waals surface area contributed by atoms with Crippen molar-refractivity contribution in [2.24, 2.45) is 11.8 Å². The van der Waals surface area contributed by atoms with Gasteiger partial charge in [-0.05, 0) is 50.3 Å². The van der Waals surface area contributed by atoms with E-state index in [9.17, 15) is 9.59 Å². The molecule has 0 aromatic heterocycles. The van der Waals surface area contributed by atoms with Crippen LogP contribution < -0.4 is 15.4 Å². The topological polar surface area (TPSA) is 67.4 Å². The summed E-state index contributed by atoms with van der Waals surface area (Å²) >= 11 is 6.08. The average Bonchev–Trinajstić information content (AvgIpc) is 2.62. The summed E-state index contributed by atoms with van der Waals surface area (Å²) in [5.41, 5.74) is 0.662. The monoisotopic (exact) mass is 366 g/mol. The molecule has 0 spiro atoms. The molecule has 0 heterocycles. The fraction of sp³-hybridized carbons (Fsp3) is 0.579. The van der Waals surface area contributed by atoms with Gasteiger partial charge in [0.2, 0.25) is 11.8 Å². The van der Waals surface area contributed by atoms with Crippen LogP contribution in [-0.4, -0.2) is 25.5 Å². The number of halogens is 1. The number of hydrogen-bond donors (Lipinski definition) is 2. The summed E-state index contributed by atoms with van der Waals surface area (Å²) in [5, 5.41) is 6.36. The highest BCUT2D eigenvalue weighted by atomic mass is 35.5. The fourth-order valence-corrected chi connectivity index (χ4v) is 3.40. The predicted octanol–water partition coefficient (Wildman–Crippen LogP) is 4.01. The van der Waals surface area contributed by atoms with Gasteiger partial charge in [-0.25, -0.2) is 0 Å². The number of carbonyl (C=O) groups excluding carboxylic acids is 2. The third kappa shape index (κ3) is 5.63. The lowest BCUT2D eigenvalue weighted by Crippen LogP contribution is -2.35. The number of benzene rings is 1. The Balaban J connectivity index is 1.81. The van der Waals surface area contributed by atoms with E-state index in [1.165, 1.54) is 0 Å². The minimum atomic E-state index is -0.0550. The van der Waals surface area contributed by atoms with Crippen molar-refractivity contribution in [3.8, 4) is 5.75 Å². The molecule has 1 aromatic rings. The van der Waals surface area contributed by atoms with Gasteiger partial charge in [-0.2, -0.15) is 0 Å². The average molecular weight is 367 g/mol. The molecule has 2 rings (SSSR count). The molecule has 1 aromatic carbocycles. The summed E-state index contributed by atoms with van der Waals surface area (Å²) < 4.78 is 5.11. The third-order valence-corrected chi connectivity index (χ3v) is 5.01. The molecule has 2 amide bonds. The second kappa shape index (κ2) is 9.66. The van der Waals surface area contributed by atoms with Gasteiger partial charge >= 0.3 is 0 Å². The summed E-state index contributed by atoms with van der Waals surface area (Å²) in [5.74, 6) is 0.687. The zero-order chi connectivity index (χ0) is 18.2. The van der Waals surface area contributed by atoms with Crippen molar-refractivity contribution >= 4 is 29.1 Å². The fourth-order valence-electron chi connectivity index (χ4n) is 3.14. The van der Waals surface area contributed by atoms with Crippen LogP contribution in [0.5, 0.6) is 5.75 Å². The highest BCUT2D eigenvalue weighted by Crippen LogP contribution is 2.31. The smallest absolute Gasteiger partial charge is 0.227 e. The van der Waals surface area contributed by atoms with Crippen LogP contribution in [0.25, 0.3) is 0 Å². The molecule has 1 fully saturated rings. The van der Waals surface area contributed by atoms with Crippen LogP contribution in [0, 0.1) is 11.8 Å². The van der Waals surface area contributed by atoms with Crippen molar-refractivity contribution in [3.63, 3.8) is 0 Å². The first-order chi connectivity index (χ1) is 12.0. The molecule has 1 aliphatic rings. The van der Waals surface area contributed by atoms with Crippen LogP contribution in [-0.2, 0) is 9.59 Å². The van der Waals surface area contributed by atoms with Crippen LogP contribution in [0.3, 0.4) is 0 Å². The molecular weight excluding hydrogens is 340 g/mol. The van der Waals surface area contributed by atoms with E-state index < -0.39 is 0 Å². The third-order valence-electron chi connectivity index (χ3n) is 4.72. The predicted molar refractivity (Wildman–Crippen MR) is 100.0 cm³/mol. The molecule has 1 aliphatic carbocycles. The highest BCUT2D eigenvalue weighted by Gasteiger charge is 2.29. The number of rotatable bonds is 7. The van der Waals surface area contributed by atoms with Crippen molar-refractivity contribution in [1.29, 1.82) is 0 Å². The van der Waals surface area contributed by atoms with Gasteiger partial charge in [-0.15, -0.1) is 0 Å². The summed E-state index contributed by atoms with van der Waals surface area (Å²) in [6.07, 6.45) is 5.08. The Hall–Kier alpha value is -1.75. The largest absolute Gasteiger partial charge is 0.495 e. The minimum absolute atomic E-state index is 0.00826. The van der Waals surface area contributed by atoms with E-state index >= 15 is 0 Å². The molecule has 25 heavy (non-hydrogen) atoms. The lowest BCUT2D eigenvalue weighted by molar-refractivity contribution is -0.128. The Kier molecular flexibility index (Phi) is 7.56. The minimum Gasteiger partial charge on any atom is -0.495 e. The summed E-state index contributed by atoms with van der Waals surface area (Å²) in [6, 6.07) is 5.19. The number of unbranched alkanes of at least 4 members (excludes halogenated alkanes) is 1. The van der Waals surface area contributed by atoms with Crippen molar-refractivity contribution in [2.75, 3.05) is 19.0 Å². The number of anilines is 1. The van der Waals surface area contributed by atoms with E-state index in [2.05, 4.69) is 17.6 Å². The molecule has 6 heteroatoms. The molecule has 0 bridgehead atoms. The number of hydrogen-bond acceptors (Lipinski definition) is 3. The Morgan fingerprint density at radius 2 is 1.80 bits per heavy atom. The van der Waals surface area contributed by atoms with Crippen molar-refractivity contribution in [2.45, 2.75) is 45.4 Å². The highest BCUT2D eigenvalue weighted by molar-refractivity contribution is 6.32. The van der Waals surface area contributed by atoms with E-state index in [1.807, 2.05) is 0 Å². The van der Waals surface area contributed by atoms with Gasteiger partial charge < -0.3 is 15.4 Å². The van der Waals surface area contributed by atoms with Gasteiger partial charge in [-0.3, -0.25) is 9.59 Å². The number of carbonyl (C=O) groups is 2. The summed E-state index contributed by atoms with van der Waals surface area (Å²) in [7, 11) is 1.55. The zero-order valence-corrected chi connectivity index (χ0v) is 15.7. The quantitative estimate of drug-likeness (QED) is 0.716. The van der Waals surface area contributed by atoms with E-state index in [-0.39, 0.29) is 23.7 Å². The molecule has 0 saturated heterocycles. The summed E-state index contributed by atoms with van der Waals surface area (Å²) in [4.78, 5) is 24.5. The van der Waals surface area contributed by atoms with E-state index in [0.29, 0.717) is 16.5 Å². The molecule has 0 atom stereocenters. The molecule has 5 nitrogen and oxygen atoms in total. The maximum absolute atomic E-state index is 12.4. The molecule has 0 unspecified atom stereocenters. The lowest BCUT2D eigenvalue weighted by Gasteiger charge is -2.27. The van der Waals surface area contributed by atoms with Crippen LogP contribution in [0.15, 0.2) is 18.2 Å². The Morgan fingerprint density at radius 3 is 2.36 bits per heavy atom. The van der Waals surface area contributed by atoms with Gasteiger partial charge in [0.05, 0.1) is 12.1 Å². The van der Waals surface area contributed by atoms with E-state index in [4.69, 9.17) is 16.3 Å². The van der Waals surface area contributed by atoms with Crippen LogP contribution in [0.1, 0.15) is 45.4 Å². The second-order valence-corrected chi connectivity index (χ2v) is 6.94. The first-order valence-corrected chi connectivity index (χ1v) is 9.35. The van der Waals surface area contributed by atoms with E-state index in [1.54, 1.807) is 25.3 Å². The Labute approximate surface area is 154 Å². The standard InChI is InChI=1S/C19H27ClN2O3/c1-3-4-11-21-18(23)13-5-7-14(8-6-13)19(24)22-15-9-10-17(25-2)16(20)12-15/h9-10,12-14H,3-8,11H2,1-2H3,(H,21,23)(H,22,24). The van der Waals surface area contributed by atoms with Gasteiger partial charge in [0.25, 0.3) is 0 Å². The van der Waals surface area contributed by atoms with Crippen molar-refractivity contribution < 1.29 is 14.3 Å². The van der Waals surface area contributed by atoms with Gasteiger partial charge in [0.1, 0.15) is 5.75 Å². The Morgan fingerprint density at radius 1 is 1.16 bits per heavy atom. The molecule has 2 N–H and O–H groups in total. The number of ether oxygens (including phenoxy) is 1. The van der Waals surface area contributed by atoms with Crippen LogP contribution in [0.2, 0.25) is 5.02 Å². The molecule has 0 aliphatic heterocycles. The second-order valence-electron chi connectivity index (χ2n) is 6.53. The van der Waals surface area contributed by atoms with Gasteiger partial charge in [0.15, 0.2) is 0 Å². The first-order valence-electron chi connectivity index (χ1n) is 8.97. The molecule has 1 saturated carbocycles. The normalized spacial score (nSPS) is 20.0. The summed E-state index contributed by atoms with van der Waals surface area (Å²) in [6.45, 7) is 2.85. The number of amides is 2. The van der Waals surface area contributed by atoms with E-state index in [0.717, 1.165) is 45.1 Å². The van der Waals surface area contributed by atoms with Crippen LogP contribution in [0.4, 0.5) is 5.69 Å². The lowest BCUT2D eigenvalue weighted by atomic mass is 9.81. The molecular formula is C19H27ClN2O3. The maximum atomic E-state index is 12.4. The number of nitrogens with one attached hydrogen (secondary N) is 2. The first kappa shape index (κ1) is 19.6. The maximum Gasteiger partial charge on any atom is 0.227 e. The number of methoxy groups -OCH3 is 1. The Bertz CT molecular complexity index is 598. The zero-order valence-electron chi connectivity index (χ0n) is 14.9. The van der Waals surface area contributed by atoms with Gasteiger partial charge in [-0.1, -0.05) is 24.9 Å². The van der Waals surface area contributed by atoms with Crippen LogP contribution >= 0.6 is 11.6 Å². The SMILES string of the molecule is CCCCNC(=O)C1CCC(C(=O)Nc2ccc(OC)c(Cl)c2)CC1. The van der Waals surface area contributed by atoms with Gasteiger partial charge in [0, 0.05) is 24.1 Å². The van der Waals surface area contributed by atoms with Crippen molar-refractivity contribution in [1.82, 2.24) is 5.32 Å². The molecule has 0 radical (unpaired) electrons. The van der Waals surface area contributed by atoms with Crippen molar-refractivity contribution in [3.05, 3.63) is 23.2 Å².